The predicted octanol–water partition coefficient (Wildman–Crippen LogP) is 3.92. The Morgan fingerprint density at radius 3 is 2.58 bits per heavy atom. The number of hydrogen-bond acceptors (Lipinski definition) is 6. The second-order valence-electron chi connectivity index (χ2n) is 6.11. The van der Waals surface area contributed by atoms with Crippen molar-refractivity contribution < 1.29 is 4.79 Å². The minimum atomic E-state index is -0.221. The Bertz CT molecular complexity index is 1140. The largest absolute Gasteiger partial charge is 0.280 e. The van der Waals surface area contributed by atoms with Crippen LogP contribution < -0.4 is 10.9 Å². The number of hydrogen-bond donors (Lipinski definition) is 2. The van der Waals surface area contributed by atoms with E-state index in [0.29, 0.717) is 17.2 Å². The lowest BCUT2D eigenvalue weighted by atomic mass is 10.1. The quantitative estimate of drug-likeness (QED) is 0.539. The minimum absolute atomic E-state index is 0.221. The number of benzene rings is 1. The van der Waals surface area contributed by atoms with Crippen LogP contribution in [0.5, 0.6) is 0 Å². The fourth-order valence-corrected chi connectivity index (χ4v) is 4.13. The van der Waals surface area contributed by atoms with Gasteiger partial charge in [0.25, 0.3) is 5.91 Å². The maximum absolute atomic E-state index is 12.3. The highest BCUT2D eigenvalue weighted by Gasteiger charge is 2.16. The van der Waals surface area contributed by atoms with Crippen molar-refractivity contribution in [2.24, 2.45) is 0 Å². The number of fused-ring (bicyclic) bond motifs is 3. The Kier molecular flexibility index (Phi) is 4.00. The van der Waals surface area contributed by atoms with Gasteiger partial charge in [0.15, 0.2) is 5.82 Å². The van der Waals surface area contributed by atoms with Gasteiger partial charge in [-0.25, -0.2) is 15.0 Å². The number of aryl methyl sites for hydroxylation is 3. The molecule has 4 rings (SSSR count). The van der Waals surface area contributed by atoms with Crippen LogP contribution in [0.3, 0.4) is 0 Å². The summed E-state index contributed by atoms with van der Waals surface area (Å²) in [7, 11) is 0. The van der Waals surface area contributed by atoms with Gasteiger partial charge in [-0.15, -0.1) is 11.3 Å². The smallest absolute Gasteiger partial charge is 0.269 e. The molecule has 2 N–H and O–H groups in total. The lowest BCUT2D eigenvalue weighted by Gasteiger charge is -2.09. The van der Waals surface area contributed by atoms with Crippen LogP contribution >= 0.6 is 11.3 Å². The molecule has 1 aromatic carbocycles. The van der Waals surface area contributed by atoms with Gasteiger partial charge >= 0.3 is 0 Å². The van der Waals surface area contributed by atoms with Gasteiger partial charge < -0.3 is 0 Å². The van der Waals surface area contributed by atoms with Gasteiger partial charge in [-0.1, -0.05) is 18.2 Å². The molecule has 6 nitrogen and oxygen atoms in total. The number of carbonyl (C=O) groups excluding carboxylic acids is 1. The molecule has 0 aliphatic heterocycles. The highest BCUT2D eigenvalue weighted by molar-refractivity contribution is 7.26. The molecule has 26 heavy (non-hydrogen) atoms. The van der Waals surface area contributed by atoms with E-state index < -0.39 is 0 Å². The van der Waals surface area contributed by atoms with Gasteiger partial charge in [0.1, 0.15) is 10.7 Å². The molecule has 7 heteroatoms. The number of nitrogens with zero attached hydrogens (tertiary/aromatic N) is 3. The molecule has 0 aliphatic carbocycles. The van der Waals surface area contributed by atoms with Crippen molar-refractivity contribution in [2.45, 2.75) is 20.8 Å². The summed E-state index contributed by atoms with van der Waals surface area (Å²) in [6, 6.07) is 11.1. The summed E-state index contributed by atoms with van der Waals surface area (Å²) in [4.78, 5) is 26.9. The van der Waals surface area contributed by atoms with Crippen LogP contribution in [0.2, 0.25) is 0 Å². The van der Waals surface area contributed by atoms with Crippen molar-refractivity contribution in [3.05, 3.63) is 59.0 Å². The molecule has 0 saturated carbocycles. The molecule has 1 amide bonds. The number of rotatable bonds is 3. The van der Waals surface area contributed by atoms with E-state index in [0.717, 1.165) is 31.7 Å². The highest BCUT2D eigenvalue weighted by Crippen LogP contribution is 2.37. The third kappa shape index (κ3) is 2.86. The van der Waals surface area contributed by atoms with E-state index in [-0.39, 0.29) is 5.91 Å². The third-order valence-corrected chi connectivity index (χ3v) is 5.13. The van der Waals surface area contributed by atoms with Gasteiger partial charge in [-0.3, -0.25) is 15.6 Å². The number of pyridine rings is 1. The van der Waals surface area contributed by atoms with E-state index in [1.54, 1.807) is 12.1 Å². The van der Waals surface area contributed by atoms with E-state index in [9.17, 15) is 4.79 Å². The van der Waals surface area contributed by atoms with Gasteiger partial charge in [0.2, 0.25) is 0 Å². The average molecular weight is 363 g/mol. The summed E-state index contributed by atoms with van der Waals surface area (Å²) in [5.41, 5.74) is 9.21. The fraction of sp³-hybridized carbons (Fsp3) is 0.158. The normalized spacial score (nSPS) is 11.0. The first-order valence-corrected chi connectivity index (χ1v) is 9.01. The van der Waals surface area contributed by atoms with Gasteiger partial charge in [0.05, 0.1) is 10.2 Å². The molecule has 4 aromatic rings. The van der Waals surface area contributed by atoms with Crippen LogP contribution in [0.25, 0.3) is 20.4 Å². The monoisotopic (exact) mass is 363 g/mol. The molecule has 3 heterocycles. The number of amides is 1. The summed E-state index contributed by atoms with van der Waals surface area (Å²) in [6.45, 7) is 5.88. The molecule has 0 radical (unpaired) electrons. The topological polar surface area (TPSA) is 79.8 Å². The van der Waals surface area contributed by atoms with Crippen molar-refractivity contribution in [3.8, 4) is 0 Å². The van der Waals surface area contributed by atoms with Crippen LogP contribution in [0.15, 0.2) is 36.4 Å². The number of carbonyl (C=O) groups is 1. The Morgan fingerprint density at radius 1 is 1.04 bits per heavy atom. The van der Waals surface area contributed by atoms with Gasteiger partial charge in [0, 0.05) is 16.6 Å². The van der Waals surface area contributed by atoms with Crippen LogP contribution in [0.4, 0.5) is 5.82 Å². The number of hydrazine groups is 1. The standard InChI is InChI=1S/C19H17N5OS/c1-10-9-11(2)20-19-14(10)15-16(26-19)17(22-12(3)21-15)23-24-18(25)13-7-5-4-6-8-13/h4-9H,1-3H3,(H,24,25)(H,21,22,23). The SMILES string of the molecule is Cc1cc(C)c2c(n1)sc1c(NNC(=O)c3ccccc3)nc(C)nc12. The van der Waals surface area contributed by atoms with Crippen molar-refractivity contribution in [2.75, 3.05) is 5.43 Å². The molecule has 0 aliphatic rings. The Balaban J connectivity index is 1.75. The average Bonchev–Trinajstić information content (AvgIpc) is 2.98. The summed E-state index contributed by atoms with van der Waals surface area (Å²) in [6.07, 6.45) is 0. The third-order valence-electron chi connectivity index (χ3n) is 4.05. The maximum Gasteiger partial charge on any atom is 0.269 e. The lowest BCUT2D eigenvalue weighted by Crippen LogP contribution is -2.29. The van der Waals surface area contributed by atoms with E-state index in [1.165, 1.54) is 11.3 Å². The molecule has 0 bridgehead atoms. The second kappa shape index (κ2) is 6.34. The Morgan fingerprint density at radius 2 is 1.81 bits per heavy atom. The first-order valence-electron chi connectivity index (χ1n) is 8.19. The summed E-state index contributed by atoms with van der Waals surface area (Å²) in [5.74, 6) is 0.992. The molecule has 0 saturated heterocycles. The molecule has 0 atom stereocenters. The zero-order valence-electron chi connectivity index (χ0n) is 14.6. The van der Waals surface area contributed by atoms with Crippen molar-refractivity contribution in [1.29, 1.82) is 0 Å². The lowest BCUT2D eigenvalue weighted by molar-refractivity contribution is 0.0962. The Labute approximate surface area is 154 Å². The minimum Gasteiger partial charge on any atom is -0.280 e. The summed E-state index contributed by atoms with van der Waals surface area (Å²) in [5, 5.41) is 1.04. The van der Waals surface area contributed by atoms with E-state index in [1.807, 2.05) is 32.0 Å². The van der Waals surface area contributed by atoms with Crippen LogP contribution in [-0.4, -0.2) is 20.9 Å². The molecular weight excluding hydrogens is 346 g/mol. The Hall–Kier alpha value is -3.06. The zero-order chi connectivity index (χ0) is 18.3. The first-order chi connectivity index (χ1) is 12.5. The van der Waals surface area contributed by atoms with Crippen molar-refractivity contribution >= 4 is 43.5 Å². The summed E-state index contributed by atoms with van der Waals surface area (Å²) < 4.78 is 0.875. The number of thiophene rings is 1. The molecular formula is C19H17N5OS. The zero-order valence-corrected chi connectivity index (χ0v) is 15.4. The maximum atomic E-state index is 12.3. The number of aromatic nitrogens is 3. The van der Waals surface area contributed by atoms with E-state index >= 15 is 0 Å². The molecule has 0 unspecified atom stereocenters. The first kappa shape index (κ1) is 16.4. The molecule has 130 valence electrons. The molecule has 0 spiro atoms. The van der Waals surface area contributed by atoms with Crippen molar-refractivity contribution in [3.63, 3.8) is 0 Å². The number of nitrogens with one attached hydrogen (secondary N) is 2. The van der Waals surface area contributed by atoms with Crippen LogP contribution in [0.1, 0.15) is 27.4 Å². The van der Waals surface area contributed by atoms with Crippen LogP contribution in [0, 0.1) is 20.8 Å². The van der Waals surface area contributed by atoms with E-state index in [2.05, 4.69) is 38.8 Å². The second-order valence-corrected chi connectivity index (χ2v) is 7.10. The number of anilines is 1. The summed E-state index contributed by atoms with van der Waals surface area (Å²) >= 11 is 1.52. The van der Waals surface area contributed by atoms with Crippen molar-refractivity contribution in [1.82, 2.24) is 20.4 Å². The van der Waals surface area contributed by atoms with Gasteiger partial charge in [-0.2, -0.15) is 0 Å². The van der Waals surface area contributed by atoms with Gasteiger partial charge in [-0.05, 0) is 44.5 Å². The predicted molar refractivity (Wildman–Crippen MR) is 104 cm³/mol. The highest BCUT2D eigenvalue weighted by atomic mass is 32.1. The molecule has 0 fully saturated rings. The fourth-order valence-electron chi connectivity index (χ4n) is 2.95. The van der Waals surface area contributed by atoms with Crippen LogP contribution in [-0.2, 0) is 0 Å². The van der Waals surface area contributed by atoms with E-state index in [4.69, 9.17) is 0 Å². The molecule has 3 aromatic heterocycles.